The maximum Gasteiger partial charge on any atom is 0.106 e. The van der Waals surface area contributed by atoms with Crippen molar-refractivity contribution in [3.05, 3.63) is 0 Å². The Morgan fingerprint density at radius 3 is 2.29 bits per heavy atom. The monoisotopic (exact) mass is 297 g/mol. The van der Waals surface area contributed by atoms with Gasteiger partial charge in [0.2, 0.25) is 0 Å². The zero-order chi connectivity index (χ0) is 15.7. The lowest BCUT2D eigenvalue weighted by Gasteiger charge is -2.27. The molecule has 122 valence electrons. The van der Waals surface area contributed by atoms with Crippen molar-refractivity contribution in [2.75, 3.05) is 40.4 Å². The molecule has 0 aromatic rings. The molecular formula is C16H31N3O2. The highest BCUT2D eigenvalue weighted by atomic mass is 16.5. The Bertz CT molecular complexity index is 320. The zero-order valence-electron chi connectivity index (χ0n) is 14.0. The SMILES string of the molecule is CCCNC(C#N)(CC)CCCN1CC(OC)C(OC)C1. The van der Waals surface area contributed by atoms with Crippen LogP contribution in [0.25, 0.3) is 0 Å². The van der Waals surface area contributed by atoms with Crippen molar-refractivity contribution in [1.29, 1.82) is 5.26 Å². The van der Waals surface area contributed by atoms with E-state index in [1.165, 1.54) is 0 Å². The highest BCUT2D eigenvalue weighted by molar-refractivity contribution is 5.06. The van der Waals surface area contributed by atoms with Crippen LogP contribution in [0, 0.1) is 11.3 Å². The number of nitrogens with zero attached hydrogens (tertiary/aromatic N) is 2. The molecule has 1 fully saturated rings. The van der Waals surface area contributed by atoms with Crippen LogP contribution in [-0.4, -0.2) is 63.0 Å². The summed E-state index contributed by atoms with van der Waals surface area (Å²) in [6, 6.07) is 2.49. The van der Waals surface area contributed by atoms with Crippen molar-refractivity contribution >= 4 is 0 Å². The van der Waals surface area contributed by atoms with Gasteiger partial charge < -0.3 is 9.47 Å². The van der Waals surface area contributed by atoms with Crippen molar-refractivity contribution in [3.8, 4) is 6.07 Å². The summed E-state index contributed by atoms with van der Waals surface area (Å²) >= 11 is 0. The van der Waals surface area contributed by atoms with Crippen LogP contribution in [0.3, 0.4) is 0 Å². The van der Waals surface area contributed by atoms with Crippen molar-refractivity contribution in [1.82, 2.24) is 10.2 Å². The standard InChI is InChI=1S/C16H31N3O2/c1-5-9-18-16(6-2,13-17)8-7-10-19-11-14(20-3)15(12-19)21-4/h14-15,18H,5-12H2,1-4H3. The molecule has 5 heteroatoms. The summed E-state index contributed by atoms with van der Waals surface area (Å²) in [5.41, 5.74) is -0.364. The van der Waals surface area contributed by atoms with Gasteiger partial charge in [0.15, 0.2) is 0 Å². The number of nitrogens with one attached hydrogen (secondary N) is 1. The van der Waals surface area contributed by atoms with Crippen LogP contribution < -0.4 is 5.32 Å². The Morgan fingerprint density at radius 2 is 1.86 bits per heavy atom. The maximum absolute atomic E-state index is 9.49. The number of hydrogen-bond donors (Lipinski definition) is 1. The fraction of sp³-hybridized carbons (Fsp3) is 0.938. The first kappa shape index (κ1) is 18.4. The molecule has 1 aliphatic heterocycles. The number of methoxy groups -OCH3 is 2. The second-order valence-corrected chi connectivity index (χ2v) is 5.89. The molecule has 1 aliphatic rings. The minimum Gasteiger partial charge on any atom is -0.377 e. The van der Waals surface area contributed by atoms with E-state index < -0.39 is 0 Å². The third-order valence-electron chi connectivity index (χ3n) is 4.51. The predicted octanol–water partition coefficient (Wildman–Crippen LogP) is 1.78. The Kier molecular flexibility index (Phi) is 8.20. The third-order valence-corrected chi connectivity index (χ3v) is 4.51. The Hall–Kier alpha value is -0.670. The van der Waals surface area contributed by atoms with E-state index in [0.29, 0.717) is 0 Å². The average Bonchev–Trinajstić information content (AvgIpc) is 2.93. The number of rotatable bonds is 10. The molecule has 3 atom stereocenters. The van der Waals surface area contributed by atoms with Gasteiger partial charge in [-0.3, -0.25) is 10.2 Å². The van der Waals surface area contributed by atoms with E-state index in [1.807, 2.05) is 0 Å². The van der Waals surface area contributed by atoms with E-state index in [1.54, 1.807) is 14.2 Å². The zero-order valence-corrected chi connectivity index (χ0v) is 14.0. The molecule has 1 rings (SSSR count). The van der Waals surface area contributed by atoms with Crippen molar-refractivity contribution in [3.63, 3.8) is 0 Å². The van der Waals surface area contributed by atoms with Crippen LogP contribution >= 0.6 is 0 Å². The van der Waals surface area contributed by atoms with Crippen LogP contribution in [-0.2, 0) is 9.47 Å². The number of ether oxygens (including phenoxy) is 2. The minimum atomic E-state index is -0.364. The molecule has 0 spiro atoms. The van der Waals surface area contributed by atoms with E-state index >= 15 is 0 Å². The normalized spacial score (nSPS) is 25.7. The van der Waals surface area contributed by atoms with E-state index in [2.05, 4.69) is 30.1 Å². The van der Waals surface area contributed by atoms with Gasteiger partial charge in [0.05, 0.1) is 18.3 Å². The molecule has 1 saturated heterocycles. The van der Waals surface area contributed by atoms with Gasteiger partial charge in [0.25, 0.3) is 0 Å². The van der Waals surface area contributed by atoms with Gasteiger partial charge in [0, 0.05) is 27.3 Å². The summed E-state index contributed by atoms with van der Waals surface area (Å²) in [5, 5.41) is 12.9. The van der Waals surface area contributed by atoms with Crippen molar-refractivity contribution in [2.24, 2.45) is 0 Å². The largest absolute Gasteiger partial charge is 0.377 e. The highest BCUT2D eigenvalue weighted by Gasteiger charge is 2.33. The summed E-state index contributed by atoms with van der Waals surface area (Å²) < 4.78 is 10.9. The quantitative estimate of drug-likeness (QED) is 0.666. The lowest BCUT2D eigenvalue weighted by molar-refractivity contribution is -0.00461. The summed E-state index contributed by atoms with van der Waals surface area (Å²) in [4.78, 5) is 2.37. The summed E-state index contributed by atoms with van der Waals surface area (Å²) in [6.45, 7) is 7.96. The average molecular weight is 297 g/mol. The second-order valence-electron chi connectivity index (χ2n) is 5.89. The molecule has 21 heavy (non-hydrogen) atoms. The minimum absolute atomic E-state index is 0.167. The first-order valence-electron chi connectivity index (χ1n) is 8.08. The first-order valence-corrected chi connectivity index (χ1v) is 8.08. The van der Waals surface area contributed by atoms with Crippen LogP contribution in [0.5, 0.6) is 0 Å². The molecule has 0 aliphatic carbocycles. The van der Waals surface area contributed by atoms with E-state index in [9.17, 15) is 5.26 Å². The predicted molar refractivity (Wildman–Crippen MR) is 84.2 cm³/mol. The van der Waals surface area contributed by atoms with Gasteiger partial charge in [-0.05, 0) is 38.8 Å². The van der Waals surface area contributed by atoms with Gasteiger partial charge in [-0.1, -0.05) is 13.8 Å². The van der Waals surface area contributed by atoms with Crippen molar-refractivity contribution in [2.45, 2.75) is 57.3 Å². The second kappa shape index (κ2) is 9.37. The Labute approximate surface area is 129 Å². The molecule has 0 aromatic carbocycles. The van der Waals surface area contributed by atoms with Crippen LogP contribution in [0.4, 0.5) is 0 Å². The van der Waals surface area contributed by atoms with Crippen LogP contribution in [0.2, 0.25) is 0 Å². The summed E-state index contributed by atoms with van der Waals surface area (Å²) in [5.74, 6) is 0. The summed E-state index contributed by atoms with van der Waals surface area (Å²) in [7, 11) is 3.49. The molecule has 0 aromatic heterocycles. The van der Waals surface area contributed by atoms with Crippen LogP contribution in [0.15, 0.2) is 0 Å². The molecule has 0 bridgehead atoms. The molecular weight excluding hydrogens is 266 g/mol. The van der Waals surface area contributed by atoms with Crippen LogP contribution in [0.1, 0.15) is 39.5 Å². The van der Waals surface area contributed by atoms with Gasteiger partial charge in [0.1, 0.15) is 5.54 Å². The first-order chi connectivity index (χ1) is 10.1. The fourth-order valence-electron chi connectivity index (χ4n) is 2.99. The molecule has 5 nitrogen and oxygen atoms in total. The van der Waals surface area contributed by atoms with Crippen molar-refractivity contribution < 1.29 is 9.47 Å². The Balaban J connectivity index is 2.39. The third kappa shape index (κ3) is 5.23. The van der Waals surface area contributed by atoms with E-state index in [0.717, 1.165) is 51.9 Å². The lowest BCUT2D eigenvalue weighted by Crippen LogP contribution is -2.44. The maximum atomic E-state index is 9.49. The van der Waals surface area contributed by atoms with Gasteiger partial charge in [-0.2, -0.15) is 5.26 Å². The molecule has 0 radical (unpaired) electrons. The summed E-state index contributed by atoms with van der Waals surface area (Å²) in [6.07, 6.45) is 4.16. The molecule has 1 heterocycles. The smallest absolute Gasteiger partial charge is 0.106 e. The highest BCUT2D eigenvalue weighted by Crippen LogP contribution is 2.20. The molecule has 0 saturated carbocycles. The van der Waals surface area contributed by atoms with Gasteiger partial charge >= 0.3 is 0 Å². The lowest BCUT2D eigenvalue weighted by atomic mass is 9.91. The molecule has 3 unspecified atom stereocenters. The molecule has 0 amide bonds. The number of hydrogen-bond acceptors (Lipinski definition) is 5. The van der Waals surface area contributed by atoms with Gasteiger partial charge in [-0.25, -0.2) is 0 Å². The van der Waals surface area contributed by atoms with E-state index in [4.69, 9.17) is 9.47 Å². The molecule has 1 N–H and O–H groups in total. The number of nitriles is 1. The topological polar surface area (TPSA) is 57.5 Å². The van der Waals surface area contributed by atoms with Gasteiger partial charge in [-0.15, -0.1) is 0 Å². The fourth-order valence-corrected chi connectivity index (χ4v) is 2.99. The van der Waals surface area contributed by atoms with E-state index in [-0.39, 0.29) is 17.7 Å². The number of likely N-dealkylation sites (tertiary alicyclic amines) is 1. The Morgan fingerprint density at radius 1 is 1.24 bits per heavy atom.